The molecule has 0 N–H and O–H groups in total. The van der Waals surface area contributed by atoms with Crippen molar-refractivity contribution in [2.24, 2.45) is 11.8 Å². The fourth-order valence-electron chi connectivity index (χ4n) is 3.47. The number of para-hydroxylation sites is 1. The first kappa shape index (κ1) is 16.8. The Labute approximate surface area is 143 Å². The molecule has 0 aromatic heterocycles. The first-order valence-corrected chi connectivity index (χ1v) is 8.84. The highest BCUT2D eigenvalue weighted by Gasteiger charge is 2.31. The van der Waals surface area contributed by atoms with Gasteiger partial charge in [0.2, 0.25) is 11.8 Å². The highest BCUT2D eigenvalue weighted by atomic mass is 16.5. The summed E-state index contributed by atoms with van der Waals surface area (Å²) in [6, 6.07) is 7.92. The number of carbonyl (C=O) groups is 2. The van der Waals surface area contributed by atoms with E-state index in [2.05, 4.69) is 0 Å². The van der Waals surface area contributed by atoms with Crippen molar-refractivity contribution >= 4 is 11.8 Å². The van der Waals surface area contributed by atoms with Gasteiger partial charge in [-0.2, -0.15) is 0 Å². The fraction of sp³-hybridized carbons (Fsp3) is 0.579. The van der Waals surface area contributed by atoms with Gasteiger partial charge in [0.1, 0.15) is 12.4 Å². The van der Waals surface area contributed by atoms with E-state index in [4.69, 9.17) is 4.74 Å². The quantitative estimate of drug-likeness (QED) is 0.833. The number of hydrogen-bond acceptors (Lipinski definition) is 3. The third kappa shape index (κ3) is 3.55. The van der Waals surface area contributed by atoms with Crippen LogP contribution in [0.4, 0.5) is 0 Å². The van der Waals surface area contributed by atoms with Gasteiger partial charge in [-0.3, -0.25) is 9.59 Å². The van der Waals surface area contributed by atoms with Crippen LogP contribution < -0.4 is 4.74 Å². The standard InChI is InChI=1S/C19H26N2O3/c1-14(2)18(22)20-8-5-9-21(11-10-20)19(23)16-12-15-6-3-4-7-17(15)24-13-16/h3-4,6-7,14,16H,5,8-13H2,1-2H3. The lowest BCUT2D eigenvalue weighted by Crippen LogP contribution is -2.43. The molecule has 0 spiro atoms. The number of rotatable bonds is 2. The normalized spacial score (nSPS) is 21.0. The summed E-state index contributed by atoms with van der Waals surface area (Å²) in [5.74, 6) is 1.12. The van der Waals surface area contributed by atoms with E-state index in [0.717, 1.165) is 37.2 Å². The van der Waals surface area contributed by atoms with Crippen molar-refractivity contribution in [3.8, 4) is 5.75 Å². The van der Waals surface area contributed by atoms with Gasteiger partial charge in [0, 0.05) is 32.1 Å². The van der Waals surface area contributed by atoms with E-state index in [1.54, 1.807) is 0 Å². The highest BCUT2D eigenvalue weighted by molar-refractivity contribution is 5.80. The number of hydrogen-bond donors (Lipinski definition) is 0. The zero-order chi connectivity index (χ0) is 17.1. The van der Waals surface area contributed by atoms with Crippen LogP contribution in [0.1, 0.15) is 25.8 Å². The summed E-state index contributed by atoms with van der Waals surface area (Å²) in [6.45, 7) is 7.01. The van der Waals surface area contributed by atoms with Gasteiger partial charge < -0.3 is 14.5 Å². The predicted molar refractivity (Wildman–Crippen MR) is 91.7 cm³/mol. The van der Waals surface area contributed by atoms with Crippen LogP contribution >= 0.6 is 0 Å². The number of benzene rings is 1. The summed E-state index contributed by atoms with van der Waals surface area (Å²) < 4.78 is 5.76. The third-order valence-electron chi connectivity index (χ3n) is 4.84. The Morgan fingerprint density at radius 2 is 1.79 bits per heavy atom. The molecular formula is C19H26N2O3. The average Bonchev–Trinajstić information content (AvgIpc) is 2.86. The number of amides is 2. The summed E-state index contributed by atoms with van der Waals surface area (Å²) in [5, 5.41) is 0. The molecule has 1 aromatic rings. The minimum absolute atomic E-state index is 0.00972. The number of carbonyl (C=O) groups excluding carboxylic acids is 2. The fourth-order valence-corrected chi connectivity index (χ4v) is 3.47. The molecule has 1 fully saturated rings. The average molecular weight is 330 g/mol. The van der Waals surface area contributed by atoms with Crippen molar-refractivity contribution in [2.75, 3.05) is 32.8 Å². The maximum atomic E-state index is 12.9. The van der Waals surface area contributed by atoms with E-state index >= 15 is 0 Å². The molecular weight excluding hydrogens is 304 g/mol. The Bertz CT molecular complexity index is 614. The lowest BCUT2D eigenvalue weighted by atomic mass is 9.95. The second-order valence-electron chi connectivity index (χ2n) is 6.98. The van der Waals surface area contributed by atoms with Crippen LogP contribution in [0.15, 0.2) is 24.3 Å². The largest absolute Gasteiger partial charge is 0.492 e. The summed E-state index contributed by atoms with van der Waals surface area (Å²) in [7, 11) is 0. The molecule has 1 saturated heterocycles. The molecule has 0 saturated carbocycles. The SMILES string of the molecule is CC(C)C(=O)N1CCCN(C(=O)C2COc3ccccc3C2)CC1. The molecule has 5 nitrogen and oxygen atoms in total. The number of ether oxygens (including phenoxy) is 1. The maximum Gasteiger partial charge on any atom is 0.229 e. The molecule has 0 bridgehead atoms. The molecule has 1 unspecified atom stereocenters. The van der Waals surface area contributed by atoms with E-state index in [0.29, 0.717) is 19.7 Å². The van der Waals surface area contributed by atoms with Crippen LogP contribution in [0.3, 0.4) is 0 Å². The molecule has 2 amide bonds. The van der Waals surface area contributed by atoms with Gasteiger partial charge in [0.15, 0.2) is 0 Å². The van der Waals surface area contributed by atoms with Crippen molar-refractivity contribution in [3.05, 3.63) is 29.8 Å². The van der Waals surface area contributed by atoms with E-state index < -0.39 is 0 Å². The molecule has 3 rings (SSSR count). The van der Waals surface area contributed by atoms with Gasteiger partial charge in [-0.05, 0) is 24.5 Å². The molecule has 0 aliphatic carbocycles. The number of fused-ring (bicyclic) bond motifs is 1. The molecule has 1 atom stereocenters. The Morgan fingerprint density at radius 3 is 2.58 bits per heavy atom. The van der Waals surface area contributed by atoms with Crippen LogP contribution in [0, 0.1) is 11.8 Å². The first-order valence-electron chi connectivity index (χ1n) is 8.84. The molecule has 24 heavy (non-hydrogen) atoms. The summed E-state index contributed by atoms with van der Waals surface area (Å²) in [5.41, 5.74) is 1.11. The minimum atomic E-state index is -0.118. The first-order chi connectivity index (χ1) is 11.6. The van der Waals surface area contributed by atoms with Crippen molar-refractivity contribution in [2.45, 2.75) is 26.7 Å². The maximum absolute atomic E-state index is 12.9. The second-order valence-corrected chi connectivity index (χ2v) is 6.98. The van der Waals surface area contributed by atoms with Gasteiger partial charge in [-0.25, -0.2) is 0 Å². The van der Waals surface area contributed by atoms with Crippen LogP contribution in [0.25, 0.3) is 0 Å². The van der Waals surface area contributed by atoms with Crippen molar-refractivity contribution in [1.82, 2.24) is 9.80 Å². The Hall–Kier alpha value is -2.04. The minimum Gasteiger partial charge on any atom is -0.492 e. The smallest absolute Gasteiger partial charge is 0.229 e. The molecule has 130 valence electrons. The van der Waals surface area contributed by atoms with Gasteiger partial charge in [0.25, 0.3) is 0 Å². The van der Waals surface area contributed by atoms with Crippen LogP contribution in [0.2, 0.25) is 0 Å². The Balaban J connectivity index is 1.61. The van der Waals surface area contributed by atoms with Gasteiger partial charge in [-0.15, -0.1) is 0 Å². The third-order valence-corrected chi connectivity index (χ3v) is 4.84. The Kier molecular flexibility index (Phi) is 5.07. The van der Waals surface area contributed by atoms with Crippen molar-refractivity contribution in [3.63, 3.8) is 0 Å². The zero-order valence-electron chi connectivity index (χ0n) is 14.5. The van der Waals surface area contributed by atoms with E-state index in [1.807, 2.05) is 47.9 Å². The van der Waals surface area contributed by atoms with Gasteiger partial charge in [0.05, 0.1) is 5.92 Å². The molecule has 2 aliphatic rings. The molecule has 1 aromatic carbocycles. The monoisotopic (exact) mass is 330 g/mol. The second kappa shape index (κ2) is 7.24. The topological polar surface area (TPSA) is 49.9 Å². The number of nitrogens with zero attached hydrogens (tertiary/aromatic N) is 2. The van der Waals surface area contributed by atoms with Crippen LogP contribution in [-0.4, -0.2) is 54.4 Å². The van der Waals surface area contributed by atoms with E-state index in [1.165, 1.54) is 0 Å². The zero-order valence-corrected chi connectivity index (χ0v) is 14.5. The molecule has 0 radical (unpaired) electrons. The molecule has 5 heteroatoms. The van der Waals surface area contributed by atoms with E-state index in [-0.39, 0.29) is 23.7 Å². The van der Waals surface area contributed by atoms with Crippen LogP contribution in [-0.2, 0) is 16.0 Å². The highest BCUT2D eigenvalue weighted by Crippen LogP contribution is 2.28. The van der Waals surface area contributed by atoms with E-state index in [9.17, 15) is 9.59 Å². The molecule has 2 aliphatic heterocycles. The van der Waals surface area contributed by atoms with Crippen LogP contribution in [0.5, 0.6) is 5.75 Å². The predicted octanol–water partition coefficient (Wildman–Crippen LogP) is 1.95. The molecule has 2 heterocycles. The lowest BCUT2D eigenvalue weighted by molar-refractivity contribution is -0.138. The summed E-state index contributed by atoms with van der Waals surface area (Å²) >= 11 is 0. The lowest BCUT2D eigenvalue weighted by Gasteiger charge is -2.30. The summed E-state index contributed by atoms with van der Waals surface area (Å²) in [6.07, 6.45) is 1.58. The van der Waals surface area contributed by atoms with Crippen molar-refractivity contribution in [1.29, 1.82) is 0 Å². The Morgan fingerprint density at radius 1 is 1.08 bits per heavy atom. The van der Waals surface area contributed by atoms with Gasteiger partial charge in [-0.1, -0.05) is 32.0 Å². The summed E-state index contributed by atoms with van der Waals surface area (Å²) in [4.78, 5) is 28.8. The van der Waals surface area contributed by atoms with Gasteiger partial charge >= 0.3 is 0 Å². The van der Waals surface area contributed by atoms with Crippen molar-refractivity contribution < 1.29 is 14.3 Å².